The van der Waals surface area contributed by atoms with Crippen molar-refractivity contribution < 1.29 is 19.4 Å². The van der Waals surface area contributed by atoms with Crippen LogP contribution in [0.1, 0.15) is 36.5 Å². The lowest BCUT2D eigenvalue weighted by molar-refractivity contribution is -0.140. The number of phenolic OH excluding ortho intramolecular Hbond substituents is 1. The molecule has 1 aliphatic rings. The largest absolute Gasteiger partial charge is 0.508 e. The fourth-order valence-corrected chi connectivity index (χ4v) is 4.09. The number of rotatable bonds is 8. The van der Waals surface area contributed by atoms with Crippen LogP contribution in [0.4, 0.5) is 0 Å². The number of benzene rings is 3. The SMILES string of the molecule is CC(C)c1ccc(O[C@@H](Cc2ccc(O)cc2)C(=O)N2COC[C@@H]2Cc2ccccc2)cc1. The van der Waals surface area contributed by atoms with Crippen molar-refractivity contribution in [1.82, 2.24) is 4.90 Å². The minimum Gasteiger partial charge on any atom is -0.508 e. The van der Waals surface area contributed by atoms with E-state index in [0.717, 1.165) is 12.0 Å². The number of ether oxygens (including phenoxy) is 2. The van der Waals surface area contributed by atoms with Crippen molar-refractivity contribution in [2.24, 2.45) is 0 Å². The number of hydrogen-bond acceptors (Lipinski definition) is 4. The summed E-state index contributed by atoms with van der Waals surface area (Å²) in [6, 6.07) is 25.0. The van der Waals surface area contributed by atoms with Gasteiger partial charge in [-0.3, -0.25) is 4.79 Å². The highest BCUT2D eigenvalue weighted by Gasteiger charge is 2.35. The molecule has 0 radical (unpaired) electrons. The van der Waals surface area contributed by atoms with E-state index in [-0.39, 0.29) is 24.4 Å². The van der Waals surface area contributed by atoms with Crippen LogP contribution in [0.25, 0.3) is 0 Å². The van der Waals surface area contributed by atoms with Gasteiger partial charge in [-0.05, 0) is 53.3 Å². The maximum Gasteiger partial charge on any atom is 0.266 e. The third kappa shape index (κ3) is 5.93. The Kier molecular flexibility index (Phi) is 7.30. The molecule has 172 valence electrons. The summed E-state index contributed by atoms with van der Waals surface area (Å²) in [4.78, 5) is 15.5. The normalized spacial score (nSPS) is 16.7. The molecule has 4 rings (SSSR count). The van der Waals surface area contributed by atoms with E-state index < -0.39 is 6.10 Å². The second kappa shape index (κ2) is 10.5. The third-order valence-corrected chi connectivity index (χ3v) is 6.04. The minimum absolute atomic E-state index is 0.0332. The molecule has 0 unspecified atom stereocenters. The molecule has 0 aliphatic carbocycles. The van der Waals surface area contributed by atoms with E-state index in [2.05, 4.69) is 26.0 Å². The van der Waals surface area contributed by atoms with Crippen LogP contribution in [0.15, 0.2) is 78.9 Å². The molecule has 0 aromatic heterocycles. The van der Waals surface area contributed by atoms with Gasteiger partial charge in [0, 0.05) is 6.42 Å². The minimum atomic E-state index is -0.695. The van der Waals surface area contributed by atoms with Crippen LogP contribution >= 0.6 is 0 Å². The number of amides is 1. The van der Waals surface area contributed by atoms with Gasteiger partial charge in [-0.15, -0.1) is 0 Å². The highest BCUT2D eigenvalue weighted by molar-refractivity contribution is 5.82. The van der Waals surface area contributed by atoms with Gasteiger partial charge in [-0.25, -0.2) is 0 Å². The molecule has 1 N–H and O–H groups in total. The zero-order valence-corrected chi connectivity index (χ0v) is 19.2. The molecule has 3 aromatic carbocycles. The molecule has 1 aliphatic heterocycles. The quantitative estimate of drug-likeness (QED) is 0.534. The van der Waals surface area contributed by atoms with Crippen molar-refractivity contribution in [3.8, 4) is 11.5 Å². The predicted octanol–water partition coefficient (Wildman–Crippen LogP) is 4.93. The van der Waals surface area contributed by atoms with Crippen LogP contribution in [0, 0.1) is 0 Å². The van der Waals surface area contributed by atoms with Crippen molar-refractivity contribution in [2.75, 3.05) is 13.3 Å². The van der Waals surface area contributed by atoms with Crippen molar-refractivity contribution in [3.63, 3.8) is 0 Å². The lowest BCUT2D eigenvalue weighted by Crippen LogP contribution is -2.46. The first-order valence-corrected chi connectivity index (χ1v) is 11.5. The molecule has 5 heteroatoms. The van der Waals surface area contributed by atoms with Crippen LogP contribution in [-0.4, -0.2) is 41.4 Å². The first-order valence-electron chi connectivity index (χ1n) is 11.5. The van der Waals surface area contributed by atoms with Gasteiger partial charge in [0.1, 0.15) is 18.2 Å². The smallest absolute Gasteiger partial charge is 0.266 e. The predicted molar refractivity (Wildman–Crippen MR) is 128 cm³/mol. The van der Waals surface area contributed by atoms with Crippen LogP contribution < -0.4 is 4.74 Å². The molecule has 33 heavy (non-hydrogen) atoms. The summed E-state index contributed by atoms with van der Waals surface area (Å²) < 4.78 is 11.9. The first-order chi connectivity index (χ1) is 16.0. The van der Waals surface area contributed by atoms with Gasteiger partial charge in [0.15, 0.2) is 6.10 Å². The van der Waals surface area contributed by atoms with E-state index in [1.54, 1.807) is 17.0 Å². The van der Waals surface area contributed by atoms with Gasteiger partial charge >= 0.3 is 0 Å². The van der Waals surface area contributed by atoms with Crippen molar-refractivity contribution in [2.45, 2.75) is 44.8 Å². The molecule has 1 saturated heterocycles. The van der Waals surface area contributed by atoms with Gasteiger partial charge in [0.05, 0.1) is 12.6 Å². The summed E-state index contributed by atoms with van der Waals surface area (Å²) in [6.45, 7) is 5.06. The molecule has 1 fully saturated rings. The summed E-state index contributed by atoms with van der Waals surface area (Å²) in [6.07, 6.45) is 0.445. The average molecular weight is 446 g/mol. The molecule has 0 bridgehead atoms. The molecular weight excluding hydrogens is 414 g/mol. The maximum absolute atomic E-state index is 13.7. The molecule has 2 atom stereocenters. The standard InChI is InChI=1S/C28H31NO4/c1-20(2)23-10-14-26(15-11-23)33-27(17-22-8-12-25(30)13-9-22)28(31)29-19-32-18-24(29)16-21-6-4-3-5-7-21/h3-15,20,24,27,30H,16-19H2,1-2H3/t24-,27-/m0/s1. The molecule has 1 amide bonds. The molecule has 0 spiro atoms. The topological polar surface area (TPSA) is 59.0 Å². The summed E-state index contributed by atoms with van der Waals surface area (Å²) >= 11 is 0. The Hall–Kier alpha value is -3.31. The van der Waals surface area contributed by atoms with E-state index >= 15 is 0 Å². The number of phenols is 1. The molecular formula is C28H31NO4. The Morgan fingerprint density at radius 3 is 2.36 bits per heavy atom. The molecule has 5 nitrogen and oxygen atoms in total. The fraction of sp³-hybridized carbons (Fsp3) is 0.321. The van der Waals surface area contributed by atoms with Crippen molar-refractivity contribution in [1.29, 1.82) is 0 Å². The van der Waals surface area contributed by atoms with Crippen LogP contribution in [0.5, 0.6) is 11.5 Å². The van der Waals surface area contributed by atoms with Crippen LogP contribution in [-0.2, 0) is 22.4 Å². The second-order valence-electron chi connectivity index (χ2n) is 8.85. The Labute approximate surface area is 195 Å². The number of hydrogen-bond donors (Lipinski definition) is 1. The summed E-state index contributed by atoms with van der Waals surface area (Å²) in [5, 5.41) is 9.63. The van der Waals surface area contributed by atoms with E-state index in [1.807, 2.05) is 54.6 Å². The van der Waals surface area contributed by atoms with Gasteiger partial charge in [-0.1, -0.05) is 68.4 Å². The Balaban J connectivity index is 1.54. The monoisotopic (exact) mass is 445 g/mol. The molecule has 3 aromatic rings. The van der Waals surface area contributed by atoms with Gasteiger partial charge in [-0.2, -0.15) is 0 Å². The molecule has 1 heterocycles. The van der Waals surface area contributed by atoms with E-state index in [1.165, 1.54) is 11.1 Å². The van der Waals surface area contributed by atoms with E-state index in [9.17, 15) is 9.90 Å². The average Bonchev–Trinajstić information content (AvgIpc) is 3.28. The highest BCUT2D eigenvalue weighted by atomic mass is 16.5. The Morgan fingerprint density at radius 2 is 1.70 bits per heavy atom. The number of carbonyl (C=O) groups is 1. The first kappa shape index (κ1) is 22.9. The summed E-state index contributed by atoms with van der Waals surface area (Å²) in [5.74, 6) is 1.20. The van der Waals surface area contributed by atoms with E-state index in [0.29, 0.717) is 24.7 Å². The number of aromatic hydroxyl groups is 1. The lowest BCUT2D eigenvalue weighted by Gasteiger charge is -2.28. The third-order valence-electron chi connectivity index (χ3n) is 6.04. The zero-order valence-electron chi connectivity index (χ0n) is 19.2. The molecule has 0 saturated carbocycles. The highest BCUT2D eigenvalue weighted by Crippen LogP contribution is 2.24. The zero-order chi connectivity index (χ0) is 23.2. The Bertz CT molecular complexity index is 1030. The van der Waals surface area contributed by atoms with Gasteiger partial charge in [0.2, 0.25) is 0 Å². The van der Waals surface area contributed by atoms with Crippen LogP contribution in [0.2, 0.25) is 0 Å². The fourth-order valence-electron chi connectivity index (χ4n) is 4.09. The lowest BCUT2D eigenvalue weighted by atomic mass is 10.0. The second-order valence-corrected chi connectivity index (χ2v) is 8.85. The van der Waals surface area contributed by atoms with Gasteiger partial charge < -0.3 is 19.5 Å². The Morgan fingerprint density at radius 1 is 1.00 bits per heavy atom. The van der Waals surface area contributed by atoms with Crippen molar-refractivity contribution >= 4 is 5.91 Å². The number of nitrogens with zero attached hydrogens (tertiary/aromatic N) is 1. The number of carbonyl (C=O) groups excluding carboxylic acids is 1. The van der Waals surface area contributed by atoms with Gasteiger partial charge in [0.25, 0.3) is 5.91 Å². The van der Waals surface area contributed by atoms with E-state index in [4.69, 9.17) is 9.47 Å². The van der Waals surface area contributed by atoms with Crippen molar-refractivity contribution in [3.05, 3.63) is 95.6 Å². The summed E-state index contributed by atoms with van der Waals surface area (Å²) in [7, 11) is 0. The van der Waals surface area contributed by atoms with Crippen LogP contribution in [0.3, 0.4) is 0 Å². The summed E-state index contributed by atoms with van der Waals surface area (Å²) in [5.41, 5.74) is 3.32. The maximum atomic E-state index is 13.7.